The number of hydrogen-bond donors (Lipinski definition) is 1. The summed E-state index contributed by atoms with van der Waals surface area (Å²) in [6.07, 6.45) is 10.1. The van der Waals surface area contributed by atoms with E-state index in [2.05, 4.69) is 19.1 Å². The van der Waals surface area contributed by atoms with E-state index in [4.69, 9.17) is 10.00 Å². The minimum atomic E-state index is -0.810. The molecular formula is C29H31NO3. The number of nitriles is 1. The van der Waals surface area contributed by atoms with Gasteiger partial charge in [-0.05, 0) is 97.2 Å². The highest BCUT2D eigenvalue weighted by Gasteiger charge is 2.60. The van der Waals surface area contributed by atoms with Gasteiger partial charge in [0.25, 0.3) is 0 Å². The molecule has 0 saturated heterocycles. The number of ether oxygens (including phenoxy) is 1. The SMILES string of the molecule is CC(=O)Oc1ccc2c(c1)CC[C@@H]1[C@@H]2CC[C@@]2(C)[C@H]1CC[C@@]2(O)/C=C/c1ccc(C#N)cc1. The number of fused-ring (bicyclic) bond motifs is 5. The second kappa shape index (κ2) is 8.15. The minimum Gasteiger partial charge on any atom is -0.427 e. The summed E-state index contributed by atoms with van der Waals surface area (Å²) in [7, 11) is 0. The molecule has 170 valence electrons. The van der Waals surface area contributed by atoms with Crippen LogP contribution in [0.1, 0.15) is 74.1 Å². The Labute approximate surface area is 195 Å². The van der Waals surface area contributed by atoms with E-state index < -0.39 is 5.60 Å². The van der Waals surface area contributed by atoms with E-state index in [0.717, 1.165) is 44.1 Å². The Morgan fingerprint density at radius 2 is 1.94 bits per heavy atom. The van der Waals surface area contributed by atoms with Crippen LogP contribution in [0.3, 0.4) is 0 Å². The second-order valence-electron chi connectivity index (χ2n) is 10.4. The molecule has 5 atom stereocenters. The van der Waals surface area contributed by atoms with Gasteiger partial charge in [-0.15, -0.1) is 0 Å². The highest BCUT2D eigenvalue weighted by atomic mass is 16.5. The van der Waals surface area contributed by atoms with Crippen LogP contribution in [0.15, 0.2) is 48.5 Å². The molecule has 4 heteroatoms. The summed E-state index contributed by atoms with van der Waals surface area (Å²) in [6.45, 7) is 3.73. The van der Waals surface area contributed by atoms with Crippen LogP contribution in [0.5, 0.6) is 5.75 Å². The number of esters is 1. The fourth-order valence-corrected chi connectivity index (χ4v) is 7.02. The average molecular weight is 442 g/mol. The van der Waals surface area contributed by atoms with Gasteiger partial charge in [0.05, 0.1) is 17.2 Å². The predicted octanol–water partition coefficient (Wildman–Crippen LogP) is 5.78. The number of carbonyl (C=O) groups excluding carboxylic acids is 1. The second-order valence-corrected chi connectivity index (χ2v) is 10.4. The van der Waals surface area contributed by atoms with Crippen molar-refractivity contribution in [3.05, 3.63) is 70.8 Å². The molecule has 1 N–H and O–H groups in total. The quantitative estimate of drug-likeness (QED) is 0.484. The molecule has 5 rings (SSSR count). The number of hydrogen-bond acceptors (Lipinski definition) is 4. The van der Waals surface area contributed by atoms with Crippen molar-refractivity contribution in [1.29, 1.82) is 5.26 Å². The molecule has 3 aliphatic rings. The lowest BCUT2D eigenvalue weighted by Gasteiger charge is -2.52. The molecule has 0 aromatic heterocycles. The number of nitrogens with zero attached hydrogens (tertiary/aromatic N) is 1. The summed E-state index contributed by atoms with van der Waals surface area (Å²) in [5.41, 5.74) is 3.44. The first-order valence-corrected chi connectivity index (χ1v) is 12.1. The normalized spacial score (nSPS) is 32.5. The van der Waals surface area contributed by atoms with E-state index in [1.807, 2.05) is 48.6 Å². The summed E-state index contributed by atoms with van der Waals surface area (Å²) in [4.78, 5) is 11.3. The molecule has 0 radical (unpaired) electrons. The lowest BCUT2D eigenvalue weighted by atomic mass is 9.53. The van der Waals surface area contributed by atoms with E-state index in [1.54, 1.807) is 0 Å². The highest BCUT2D eigenvalue weighted by molar-refractivity contribution is 5.69. The Bertz CT molecular complexity index is 1140. The highest BCUT2D eigenvalue weighted by Crippen LogP contribution is 2.64. The van der Waals surface area contributed by atoms with Gasteiger partial charge >= 0.3 is 5.97 Å². The van der Waals surface area contributed by atoms with Crippen molar-refractivity contribution in [3.63, 3.8) is 0 Å². The van der Waals surface area contributed by atoms with Crippen molar-refractivity contribution in [2.45, 2.75) is 63.9 Å². The van der Waals surface area contributed by atoms with Gasteiger partial charge in [-0.25, -0.2) is 0 Å². The molecule has 0 bridgehead atoms. The summed E-state index contributed by atoms with van der Waals surface area (Å²) < 4.78 is 5.31. The molecule has 0 spiro atoms. The predicted molar refractivity (Wildman–Crippen MR) is 128 cm³/mol. The Morgan fingerprint density at radius 3 is 2.67 bits per heavy atom. The molecule has 2 saturated carbocycles. The molecule has 2 aromatic rings. The van der Waals surface area contributed by atoms with Gasteiger partial charge in [-0.1, -0.05) is 37.3 Å². The molecule has 0 amide bonds. The molecular weight excluding hydrogens is 410 g/mol. The first-order chi connectivity index (χ1) is 15.8. The lowest BCUT2D eigenvalue weighted by Crippen LogP contribution is -2.49. The van der Waals surface area contributed by atoms with E-state index in [9.17, 15) is 9.90 Å². The van der Waals surface area contributed by atoms with Crippen molar-refractivity contribution in [2.75, 3.05) is 0 Å². The van der Waals surface area contributed by atoms with Gasteiger partial charge in [0.15, 0.2) is 0 Å². The molecule has 3 aliphatic carbocycles. The molecule has 0 aliphatic heterocycles. The van der Waals surface area contributed by atoms with Gasteiger partial charge in [0.2, 0.25) is 0 Å². The van der Waals surface area contributed by atoms with Gasteiger partial charge in [0.1, 0.15) is 5.75 Å². The van der Waals surface area contributed by atoms with Crippen LogP contribution < -0.4 is 4.74 Å². The monoisotopic (exact) mass is 441 g/mol. The first-order valence-electron chi connectivity index (χ1n) is 12.1. The van der Waals surface area contributed by atoms with Crippen LogP contribution in [0, 0.1) is 28.6 Å². The summed E-state index contributed by atoms with van der Waals surface area (Å²) >= 11 is 0. The van der Waals surface area contributed by atoms with Crippen LogP contribution in [0.4, 0.5) is 0 Å². The van der Waals surface area contributed by atoms with Crippen LogP contribution in [0.2, 0.25) is 0 Å². The zero-order valence-corrected chi connectivity index (χ0v) is 19.4. The average Bonchev–Trinajstić information content (AvgIpc) is 3.08. The van der Waals surface area contributed by atoms with Gasteiger partial charge < -0.3 is 9.84 Å². The summed E-state index contributed by atoms with van der Waals surface area (Å²) in [5.74, 6) is 1.95. The zero-order valence-electron chi connectivity index (χ0n) is 19.4. The van der Waals surface area contributed by atoms with Crippen molar-refractivity contribution in [2.24, 2.45) is 17.3 Å². The van der Waals surface area contributed by atoms with E-state index in [1.165, 1.54) is 18.1 Å². The molecule has 33 heavy (non-hydrogen) atoms. The molecule has 0 unspecified atom stereocenters. The molecule has 2 aromatic carbocycles. The van der Waals surface area contributed by atoms with E-state index in [0.29, 0.717) is 29.1 Å². The summed E-state index contributed by atoms with van der Waals surface area (Å²) in [6, 6.07) is 15.8. The standard InChI is InChI=1S/C29H31NO3/c1-19(31)33-23-8-10-24-22(17-23)7-9-26-25(24)12-14-28(2)27(26)13-16-29(28,32)15-11-20-3-5-21(18-30)6-4-20/h3-6,8,10-11,15,17,25-27,32H,7,9,12-14,16H2,1-2H3/b15-11+/t25-,26-,27+,28+,29+/m1/s1. The molecule has 4 nitrogen and oxygen atoms in total. The summed E-state index contributed by atoms with van der Waals surface area (Å²) in [5, 5.41) is 20.8. The Balaban J connectivity index is 1.38. The fourth-order valence-electron chi connectivity index (χ4n) is 7.02. The Hall–Kier alpha value is -2.90. The third kappa shape index (κ3) is 3.69. The Morgan fingerprint density at radius 1 is 1.15 bits per heavy atom. The Kier molecular flexibility index (Phi) is 5.41. The zero-order chi connectivity index (χ0) is 23.2. The molecule has 2 fully saturated rings. The number of aryl methyl sites for hydroxylation is 1. The maximum Gasteiger partial charge on any atom is 0.308 e. The van der Waals surface area contributed by atoms with Crippen molar-refractivity contribution in [3.8, 4) is 11.8 Å². The number of rotatable bonds is 3. The fraction of sp³-hybridized carbons (Fsp3) is 0.448. The number of aliphatic hydroxyl groups is 1. The van der Waals surface area contributed by atoms with E-state index >= 15 is 0 Å². The molecule has 0 heterocycles. The maximum absolute atomic E-state index is 11.8. The van der Waals surface area contributed by atoms with Crippen molar-refractivity contribution < 1.29 is 14.6 Å². The van der Waals surface area contributed by atoms with Crippen LogP contribution in [-0.4, -0.2) is 16.7 Å². The third-order valence-corrected chi connectivity index (χ3v) is 8.77. The van der Waals surface area contributed by atoms with Gasteiger partial charge in [0, 0.05) is 12.3 Å². The van der Waals surface area contributed by atoms with Crippen LogP contribution in [-0.2, 0) is 11.2 Å². The largest absolute Gasteiger partial charge is 0.427 e. The van der Waals surface area contributed by atoms with Crippen molar-refractivity contribution in [1.82, 2.24) is 0 Å². The lowest BCUT2D eigenvalue weighted by molar-refractivity contribution is -0.131. The number of benzene rings is 2. The third-order valence-electron chi connectivity index (χ3n) is 8.77. The van der Waals surface area contributed by atoms with Gasteiger partial charge in [-0.3, -0.25) is 4.79 Å². The van der Waals surface area contributed by atoms with Crippen molar-refractivity contribution >= 4 is 12.0 Å². The smallest absolute Gasteiger partial charge is 0.308 e. The number of carbonyl (C=O) groups is 1. The minimum absolute atomic E-state index is 0.132. The first kappa shape index (κ1) is 21.9. The maximum atomic E-state index is 11.8. The van der Waals surface area contributed by atoms with Gasteiger partial charge in [-0.2, -0.15) is 5.26 Å². The van der Waals surface area contributed by atoms with Crippen LogP contribution in [0.25, 0.3) is 6.08 Å². The topological polar surface area (TPSA) is 70.3 Å². The van der Waals surface area contributed by atoms with Crippen LogP contribution >= 0.6 is 0 Å². The van der Waals surface area contributed by atoms with E-state index in [-0.39, 0.29) is 11.4 Å².